The Morgan fingerprint density at radius 3 is 2.48 bits per heavy atom. The fraction of sp³-hybridized carbons (Fsp3) is 0.643. The molecule has 0 aliphatic heterocycles. The first kappa shape index (κ1) is 16.0. The second-order valence-corrected chi connectivity index (χ2v) is 5.24. The predicted octanol–water partition coefficient (Wildman–Crippen LogP) is 2.30. The van der Waals surface area contributed by atoms with Crippen LogP contribution in [0.15, 0.2) is 12.1 Å². The Labute approximate surface area is 121 Å². The standard InChI is InChI=1S/C14H20F3N3O/c15-14(16,17)12-6-5-10(9-18)13(19-12)20(7-8-21)11-3-1-2-4-11/h5-6,11,21H,1-4,7-9,18H2. The molecular weight excluding hydrogens is 283 g/mol. The van der Waals surface area contributed by atoms with Gasteiger partial charge >= 0.3 is 6.18 Å². The number of hydrogen-bond donors (Lipinski definition) is 2. The SMILES string of the molecule is NCc1ccc(C(F)(F)F)nc1N(CCO)C1CCCC1. The Morgan fingerprint density at radius 2 is 1.95 bits per heavy atom. The molecule has 0 spiro atoms. The van der Waals surface area contributed by atoms with Crippen LogP contribution in [0.4, 0.5) is 19.0 Å². The molecule has 118 valence electrons. The van der Waals surface area contributed by atoms with E-state index in [-0.39, 0.29) is 31.6 Å². The van der Waals surface area contributed by atoms with Crippen molar-refractivity contribution in [3.63, 3.8) is 0 Å². The molecule has 1 saturated carbocycles. The third-order valence-electron chi connectivity index (χ3n) is 3.84. The zero-order valence-corrected chi connectivity index (χ0v) is 11.7. The van der Waals surface area contributed by atoms with E-state index < -0.39 is 11.9 Å². The van der Waals surface area contributed by atoms with E-state index in [0.29, 0.717) is 5.56 Å². The molecule has 4 nitrogen and oxygen atoms in total. The summed E-state index contributed by atoms with van der Waals surface area (Å²) in [5, 5.41) is 9.23. The van der Waals surface area contributed by atoms with Gasteiger partial charge in [-0.25, -0.2) is 4.98 Å². The van der Waals surface area contributed by atoms with Gasteiger partial charge in [0.1, 0.15) is 11.5 Å². The number of anilines is 1. The van der Waals surface area contributed by atoms with Gasteiger partial charge in [0, 0.05) is 24.7 Å². The lowest BCUT2D eigenvalue weighted by molar-refractivity contribution is -0.141. The number of rotatable bonds is 5. The molecule has 3 N–H and O–H groups in total. The van der Waals surface area contributed by atoms with Crippen LogP contribution >= 0.6 is 0 Å². The zero-order chi connectivity index (χ0) is 15.5. The van der Waals surface area contributed by atoms with E-state index in [1.807, 2.05) is 0 Å². The molecule has 0 radical (unpaired) electrons. The Kier molecular flexibility index (Phi) is 5.05. The fourth-order valence-electron chi connectivity index (χ4n) is 2.83. The van der Waals surface area contributed by atoms with Crippen molar-refractivity contribution in [2.24, 2.45) is 5.73 Å². The minimum Gasteiger partial charge on any atom is -0.395 e. The van der Waals surface area contributed by atoms with E-state index in [9.17, 15) is 18.3 Å². The number of nitrogens with two attached hydrogens (primary N) is 1. The van der Waals surface area contributed by atoms with Crippen LogP contribution in [0.1, 0.15) is 36.9 Å². The molecule has 1 fully saturated rings. The molecule has 0 amide bonds. The molecule has 0 atom stereocenters. The molecular formula is C14H20F3N3O. The van der Waals surface area contributed by atoms with Gasteiger partial charge in [0.15, 0.2) is 0 Å². The zero-order valence-electron chi connectivity index (χ0n) is 11.7. The van der Waals surface area contributed by atoms with Crippen molar-refractivity contribution in [2.45, 2.75) is 44.4 Å². The highest BCUT2D eigenvalue weighted by molar-refractivity contribution is 5.49. The van der Waals surface area contributed by atoms with Crippen LogP contribution in [0, 0.1) is 0 Å². The molecule has 1 aliphatic carbocycles. The van der Waals surface area contributed by atoms with E-state index in [1.165, 1.54) is 6.07 Å². The first-order chi connectivity index (χ1) is 9.97. The second kappa shape index (κ2) is 6.62. The number of aliphatic hydroxyl groups is 1. The first-order valence-electron chi connectivity index (χ1n) is 7.12. The molecule has 2 rings (SSSR count). The number of hydrogen-bond acceptors (Lipinski definition) is 4. The topological polar surface area (TPSA) is 62.4 Å². The molecule has 1 aliphatic rings. The molecule has 21 heavy (non-hydrogen) atoms. The number of aromatic nitrogens is 1. The summed E-state index contributed by atoms with van der Waals surface area (Å²) in [6.45, 7) is 0.263. The van der Waals surface area contributed by atoms with Crippen molar-refractivity contribution in [3.8, 4) is 0 Å². The van der Waals surface area contributed by atoms with Crippen molar-refractivity contribution in [1.82, 2.24) is 4.98 Å². The third kappa shape index (κ3) is 3.65. The summed E-state index contributed by atoms with van der Waals surface area (Å²) in [6, 6.07) is 2.46. The number of halogens is 3. The van der Waals surface area contributed by atoms with Gasteiger partial charge in [-0.05, 0) is 18.9 Å². The van der Waals surface area contributed by atoms with Gasteiger partial charge in [-0.15, -0.1) is 0 Å². The Hall–Kier alpha value is -1.34. The summed E-state index contributed by atoms with van der Waals surface area (Å²) in [5.74, 6) is 0.258. The summed E-state index contributed by atoms with van der Waals surface area (Å²) in [5.41, 5.74) is 5.28. The molecule has 1 heterocycles. The molecule has 1 aromatic heterocycles. The molecule has 1 aromatic rings. The van der Waals surface area contributed by atoms with Crippen LogP contribution in [-0.4, -0.2) is 29.3 Å². The Balaban J connectivity index is 2.41. The summed E-state index contributed by atoms with van der Waals surface area (Å²) in [7, 11) is 0. The number of pyridine rings is 1. The van der Waals surface area contributed by atoms with Crippen molar-refractivity contribution in [3.05, 3.63) is 23.4 Å². The quantitative estimate of drug-likeness (QED) is 0.876. The van der Waals surface area contributed by atoms with Crippen LogP contribution in [0.3, 0.4) is 0 Å². The van der Waals surface area contributed by atoms with Gasteiger partial charge in [0.25, 0.3) is 0 Å². The monoisotopic (exact) mass is 303 g/mol. The van der Waals surface area contributed by atoms with Crippen molar-refractivity contribution < 1.29 is 18.3 Å². The van der Waals surface area contributed by atoms with Crippen LogP contribution in [0.2, 0.25) is 0 Å². The number of alkyl halides is 3. The van der Waals surface area contributed by atoms with E-state index in [1.54, 1.807) is 4.90 Å². The Morgan fingerprint density at radius 1 is 1.29 bits per heavy atom. The average molecular weight is 303 g/mol. The van der Waals surface area contributed by atoms with Crippen LogP contribution < -0.4 is 10.6 Å². The highest BCUT2D eigenvalue weighted by Gasteiger charge is 2.34. The van der Waals surface area contributed by atoms with Crippen molar-refractivity contribution >= 4 is 5.82 Å². The van der Waals surface area contributed by atoms with E-state index in [0.717, 1.165) is 31.7 Å². The van der Waals surface area contributed by atoms with Gasteiger partial charge in [0.2, 0.25) is 0 Å². The first-order valence-corrected chi connectivity index (χ1v) is 7.12. The highest BCUT2D eigenvalue weighted by Crippen LogP contribution is 2.33. The van der Waals surface area contributed by atoms with Gasteiger partial charge < -0.3 is 15.7 Å². The molecule has 0 aromatic carbocycles. The maximum absolute atomic E-state index is 12.9. The van der Waals surface area contributed by atoms with Crippen molar-refractivity contribution in [1.29, 1.82) is 0 Å². The Bertz CT molecular complexity index is 473. The molecule has 0 bridgehead atoms. The lowest BCUT2D eigenvalue weighted by Gasteiger charge is -2.31. The number of aliphatic hydroxyl groups excluding tert-OH is 1. The fourth-order valence-corrected chi connectivity index (χ4v) is 2.83. The van der Waals surface area contributed by atoms with Gasteiger partial charge in [-0.2, -0.15) is 13.2 Å². The molecule has 0 saturated heterocycles. The largest absolute Gasteiger partial charge is 0.433 e. The van der Waals surface area contributed by atoms with Gasteiger partial charge in [-0.3, -0.25) is 0 Å². The average Bonchev–Trinajstić information content (AvgIpc) is 2.97. The summed E-state index contributed by atoms with van der Waals surface area (Å²) in [4.78, 5) is 5.57. The minimum atomic E-state index is -4.48. The summed E-state index contributed by atoms with van der Waals surface area (Å²) < 4.78 is 38.6. The second-order valence-electron chi connectivity index (χ2n) is 5.24. The van der Waals surface area contributed by atoms with E-state index in [4.69, 9.17) is 5.73 Å². The lowest BCUT2D eigenvalue weighted by Crippen LogP contribution is -2.37. The van der Waals surface area contributed by atoms with Gasteiger partial charge in [0.05, 0.1) is 6.61 Å². The summed E-state index contributed by atoms with van der Waals surface area (Å²) in [6.07, 6.45) is -0.584. The smallest absolute Gasteiger partial charge is 0.395 e. The lowest BCUT2D eigenvalue weighted by atomic mass is 10.1. The molecule has 0 unspecified atom stereocenters. The van der Waals surface area contributed by atoms with Gasteiger partial charge in [-0.1, -0.05) is 18.9 Å². The van der Waals surface area contributed by atoms with E-state index >= 15 is 0 Å². The molecule has 7 heteroatoms. The van der Waals surface area contributed by atoms with E-state index in [2.05, 4.69) is 4.98 Å². The summed E-state index contributed by atoms with van der Waals surface area (Å²) >= 11 is 0. The van der Waals surface area contributed by atoms with Crippen LogP contribution in [0.5, 0.6) is 0 Å². The normalized spacial score (nSPS) is 16.4. The highest BCUT2D eigenvalue weighted by atomic mass is 19.4. The minimum absolute atomic E-state index is 0.120. The number of nitrogens with zero attached hydrogens (tertiary/aromatic N) is 2. The maximum Gasteiger partial charge on any atom is 0.433 e. The van der Waals surface area contributed by atoms with Crippen LogP contribution in [0.25, 0.3) is 0 Å². The third-order valence-corrected chi connectivity index (χ3v) is 3.84. The predicted molar refractivity (Wildman–Crippen MR) is 73.8 cm³/mol. The maximum atomic E-state index is 12.9. The van der Waals surface area contributed by atoms with Crippen LogP contribution in [-0.2, 0) is 12.7 Å². The van der Waals surface area contributed by atoms with Crippen molar-refractivity contribution in [2.75, 3.05) is 18.1 Å².